The number of hydrogen-bond acceptors (Lipinski definition) is 4. The van der Waals surface area contributed by atoms with Gasteiger partial charge in [0.05, 0.1) is 11.1 Å². The summed E-state index contributed by atoms with van der Waals surface area (Å²) >= 11 is 0. The molecule has 20 heavy (non-hydrogen) atoms. The van der Waals surface area contributed by atoms with Crippen LogP contribution in [0.2, 0.25) is 0 Å². The summed E-state index contributed by atoms with van der Waals surface area (Å²) in [5.41, 5.74) is 1.87. The first-order chi connectivity index (χ1) is 9.58. The summed E-state index contributed by atoms with van der Waals surface area (Å²) < 4.78 is 0. The summed E-state index contributed by atoms with van der Waals surface area (Å²) in [7, 11) is 1.51. The van der Waals surface area contributed by atoms with Crippen LogP contribution in [0, 0.1) is 0 Å². The molecular formula is C15H21N3O2. The fourth-order valence-corrected chi connectivity index (χ4v) is 2.37. The Hall–Kier alpha value is -1.88. The van der Waals surface area contributed by atoms with Crippen molar-refractivity contribution in [2.24, 2.45) is 0 Å². The predicted octanol–water partition coefficient (Wildman–Crippen LogP) is 1.67. The fourth-order valence-electron chi connectivity index (χ4n) is 2.37. The molecule has 2 amide bonds. The van der Waals surface area contributed by atoms with Crippen LogP contribution in [-0.2, 0) is 0 Å². The van der Waals surface area contributed by atoms with Gasteiger partial charge in [0.1, 0.15) is 0 Å². The lowest BCUT2D eigenvalue weighted by atomic mass is 10.1. The molecule has 0 unspecified atom stereocenters. The highest BCUT2D eigenvalue weighted by molar-refractivity contribution is 6.21. The van der Waals surface area contributed by atoms with Crippen LogP contribution >= 0.6 is 0 Å². The zero-order chi connectivity index (χ0) is 14.7. The molecule has 0 fully saturated rings. The van der Waals surface area contributed by atoms with Crippen molar-refractivity contribution < 1.29 is 9.59 Å². The Morgan fingerprint density at radius 2 is 1.75 bits per heavy atom. The smallest absolute Gasteiger partial charge is 0.261 e. The molecule has 1 N–H and O–H groups in total. The van der Waals surface area contributed by atoms with Gasteiger partial charge in [0, 0.05) is 25.8 Å². The van der Waals surface area contributed by atoms with E-state index in [0.717, 1.165) is 36.8 Å². The van der Waals surface area contributed by atoms with Crippen LogP contribution in [0.4, 0.5) is 5.69 Å². The number of amides is 2. The predicted molar refractivity (Wildman–Crippen MR) is 79.1 cm³/mol. The van der Waals surface area contributed by atoms with Gasteiger partial charge < -0.3 is 10.2 Å². The van der Waals surface area contributed by atoms with Crippen molar-refractivity contribution in [2.75, 3.05) is 38.5 Å². The molecule has 0 aromatic heterocycles. The summed E-state index contributed by atoms with van der Waals surface area (Å²) in [6, 6.07) is 5.34. The first-order valence-electron chi connectivity index (χ1n) is 7.01. The van der Waals surface area contributed by atoms with Gasteiger partial charge in [0.15, 0.2) is 0 Å². The number of imide groups is 1. The van der Waals surface area contributed by atoms with E-state index in [1.165, 1.54) is 7.05 Å². The van der Waals surface area contributed by atoms with Crippen molar-refractivity contribution in [1.82, 2.24) is 9.80 Å². The molecule has 0 saturated heterocycles. The fraction of sp³-hybridized carbons (Fsp3) is 0.467. The van der Waals surface area contributed by atoms with Gasteiger partial charge >= 0.3 is 0 Å². The first kappa shape index (κ1) is 14.5. The summed E-state index contributed by atoms with van der Waals surface area (Å²) in [5.74, 6) is -0.447. The topological polar surface area (TPSA) is 52.7 Å². The van der Waals surface area contributed by atoms with E-state index in [1.807, 2.05) is 6.07 Å². The summed E-state index contributed by atoms with van der Waals surface area (Å²) in [4.78, 5) is 27.2. The van der Waals surface area contributed by atoms with E-state index in [0.29, 0.717) is 11.1 Å². The maximum absolute atomic E-state index is 11.9. The lowest BCUT2D eigenvalue weighted by molar-refractivity contribution is 0.0693. The van der Waals surface area contributed by atoms with E-state index in [1.54, 1.807) is 12.1 Å². The number of hydrogen-bond donors (Lipinski definition) is 1. The highest BCUT2D eigenvalue weighted by atomic mass is 16.2. The highest BCUT2D eigenvalue weighted by Gasteiger charge is 2.32. The molecule has 1 aromatic rings. The third kappa shape index (κ3) is 2.67. The molecule has 0 atom stereocenters. The Labute approximate surface area is 119 Å². The molecule has 0 radical (unpaired) electrons. The number of carbonyl (C=O) groups is 2. The number of rotatable bonds is 6. The maximum Gasteiger partial charge on any atom is 0.261 e. The van der Waals surface area contributed by atoms with Gasteiger partial charge in [0.2, 0.25) is 0 Å². The standard InChI is InChI=1S/C15H21N3O2/c1-4-18(5-2)9-8-16-11-6-7-12-13(10-11)15(20)17(3)14(12)19/h6-7,10,16H,4-5,8-9H2,1-3H3. The van der Waals surface area contributed by atoms with E-state index in [4.69, 9.17) is 0 Å². The number of likely N-dealkylation sites (N-methyl/N-ethyl adjacent to an activating group) is 1. The van der Waals surface area contributed by atoms with Crippen molar-refractivity contribution >= 4 is 17.5 Å². The molecule has 5 nitrogen and oxygen atoms in total. The number of benzene rings is 1. The largest absolute Gasteiger partial charge is 0.384 e. The lowest BCUT2D eigenvalue weighted by Gasteiger charge is -2.18. The first-order valence-corrected chi connectivity index (χ1v) is 7.01. The Bertz CT molecular complexity index is 524. The third-order valence-electron chi connectivity index (χ3n) is 3.74. The molecule has 5 heteroatoms. The van der Waals surface area contributed by atoms with Gasteiger partial charge in [-0.15, -0.1) is 0 Å². The van der Waals surface area contributed by atoms with E-state index < -0.39 is 0 Å². The van der Waals surface area contributed by atoms with Gasteiger partial charge in [-0.2, -0.15) is 0 Å². The molecule has 0 spiro atoms. The minimum Gasteiger partial charge on any atom is -0.384 e. The molecule has 0 aliphatic carbocycles. The number of nitrogens with one attached hydrogen (secondary N) is 1. The van der Waals surface area contributed by atoms with E-state index in [2.05, 4.69) is 24.1 Å². The molecule has 108 valence electrons. The number of carbonyl (C=O) groups excluding carboxylic acids is 2. The average molecular weight is 275 g/mol. The Balaban J connectivity index is 2.02. The average Bonchev–Trinajstić information content (AvgIpc) is 2.68. The summed E-state index contributed by atoms with van der Waals surface area (Å²) in [6.07, 6.45) is 0. The van der Waals surface area contributed by atoms with Crippen LogP contribution in [-0.4, -0.2) is 54.8 Å². The minimum atomic E-state index is -0.225. The molecule has 1 aliphatic rings. The molecule has 1 heterocycles. The van der Waals surface area contributed by atoms with Gasteiger partial charge in [-0.25, -0.2) is 0 Å². The lowest BCUT2D eigenvalue weighted by Crippen LogP contribution is -2.28. The van der Waals surface area contributed by atoms with Crippen molar-refractivity contribution in [3.8, 4) is 0 Å². The molecule has 0 saturated carbocycles. The van der Waals surface area contributed by atoms with Crippen LogP contribution < -0.4 is 5.32 Å². The van der Waals surface area contributed by atoms with Gasteiger partial charge in [-0.05, 0) is 31.3 Å². The summed E-state index contributed by atoms with van der Waals surface area (Å²) in [6.45, 7) is 8.10. The highest BCUT2D eigenvalue weighted by Crippen LogP contribution is 2.24. The van der Waals surface area contributed by atoms with Crippen LogP contribution in [0.25, 0.3) is 0 Å². The van der Waals surface area contributed by atoms with E-state index >= 15 is 0 Å². The van der Waals surface area contributed by atoms with E-state index in [9.17, 15) is 9.59 Å². The van der Waals surface area contributed by atoms with Crippen molar-refractivity contribution in [2.45, 2.75) is 13.8 Å². The quantitative estimate of drug-likeness (QED) is 0.802. The summed E-state index contributed by atoms with van der Waals surface area (Å²) in [5, 5.41) is 3.30. The number of nitrogens with zero attached hydrogens (tertiary/aromatic N) is 2. The Morgan fingerprint density at radius 1 is 1.10 bits per heavy atom. The van der Waals surface area contributed by atoms with Crippen LogP contribution in [0.3, 0.4) is 0 Å². The number of anilines is 1. The third-order valence-corrected chi connectivity index (χ3v) is 3.74. The van der Waals surface area contributed by atoms with Crippen molar-refractivity contribution in [1.29, 1.82) is 0 Å². The molecule has 2 rings (SSSR count). The molecule has 1 aromatic carbocycles. The Morgan fingerprint density at radius 3 is 2.40 bits per heavy atom. The van der Waals surface area contributed by atoms with Gasteiger partial charge in [-0.1, -0.05) is 13.8 Å². The van der Waals surface area contributed by atoms with Crippen LogP contribution in [0.15, 0.2) is 18.2 Å². The van der Waals surface area contributed by atoms with E-state index in [-0.39, 0.29) is 11.8 Å². The van der Waals surface area contributed by atoms with Gasteiger partial charge in [0.25, 0.3) is 11.8 Å². The van der Waals surface area contributed by atoms with Gasteiger partial charge in [-0.3, -0.25) is 14.5 Å². The normalized spacial score (nSPS) is 14.1. The second kappa shape index (κ2) is 6.05. The Kier molecular flexibility index (Phi) is 4.39. The molecular weight excluding hydrogens is 254 g/mol. The van der Waals surface area contributed by atoms with Crippen LogP contribution in [0.5, 0.6) is 0 Å². The zero-order valence-corrected chi connectivity index (χ0v) is 12.3. The second-order valence-corrected chi connectivity index (χ2v) is 4.88. The zero-order valence-electron chi connectivity index (χ0n) is 12.3. The van der Waals surface area contributed by atoms with Crippen LogP contribution in [0.1, 0.15) is 34.6 Å². The number of fused-ring (bicyclic) bond motifs is 1. The minimum absolute atomic E-state index is 0.223. The molecule has 0 bridgehead atoms. The molecule has 1 aliphatic heterocycles. The SMILES string of the molecule is CCN(CC)CCNc1ccc2c(c1)C(=O)N(C)C2=O. The van der Waals surface area contributed by atoms with Crippen molar-refractivity contribution in [3.05, 3.63) is 29.3 Å². The monoisotopic (exact) mass is 275 g/mol. The second-order valence-electron chi connectivity index (χ2n) is 4.88. The maximum atomic E-state index is 11.9. The van der Waals surface area contributed by atoms with Crippen molar-refractivity contribution in [3.63, 3.8) is 0 Å².